The Bertz CT molecular complexity index is 1090. The molecule has 0 atom stereocenters. The van der Waals surface area contributed by atoms with Crippen LogP contribution in [0.3, 0.4) is 0 Å². The number of aromatic nitrogens is 1. The molecule has 0 fully saturated rings. The second kappa shape index (κ2) is 6.22. The molecule has 25 heavy (non-hydrogen) atoms. The van der Waals surface area contributed by atoms with Gasteiger partial charge >= 0.3 is 0 Å². The highest BCUT2D eigenvalue weighted by molar-refractivity contribution is 6.00. The summed E-state index contributed by atoms with van der Waals surface area (Å²) in [5.41, 5.74) is 5.10. The van der Waals surface area contributed by atoms with Crippen LogP contribution in [0.4, 0.5) is 4.39 Å². The molecular formula is C23H14FN. The Morgan fingerprint density at radius 1 is 0.760 bits per heavy atom. The molecule has 0 aliphatic rings. The zero-order valence-corrected chi connectivity index (χ0v) is 13.4. The third-order valence-electron chi connectivity index (χ3n) is 4.22. The first-order valence-electron chi connectivity index (χ1n) is 7.98. The van der Waals surface area contributed by atoms with Crippen molar-refractivity contribution >= 4 is 10.9 Å². The van der Waals surface area contributed by atoms with E-state index < -0.39 is 0 Å². The lowest BCUT2D eigenvalue weighted by Crippen LogP contribution is -1.96. The summed E-state index contributed by atoms with van der Waals surface area (Å²) in [6.07, 6.45) is 5.88. The molecule has 4 aromatic rings. The molecule has 118 valence electrons. The average Bonchev–Trinajstić information content (AvgIpc) is 2.67. The van der Waals surface area contributed by atoms with Gasteiger partial charge in [0.25, 0.3) is 0 Å². The second-order valence-electron chi connectivity index (χ2n) is 5.74. The number of fused-ring (bicyclic) bond motifs is 1. The van der Waals surface area contributed by atoms with Gasteiger partial charge in [0.05, 0.1) is 16.8 Å². The van der Waals surface area contributed by atoms with Crippen molar-refractivity contribution < 1.29 is 4.39 Å². The van der Waals surface area contributed by atoms with E-state index in [4.69, 9.17) is 11.4 Å². The molecule has 1 nitrogen and oxygen atoms in total. The van der Waals surface area contributed by atoms with E-state index in [9.17, 15) is 4.39 Å². The van der Waals surface area contributed by atoms with Crippen LogP contribution in [0.5, 0.6) is 0 Å². The Balaban J connectivity index is 2.12. The van der Waals surface area contributed by atoms with Gasteiger partial charge in [-0.15, -0.1) is 6.42 Å². The average molecular weight is 323 g/mol. The molecule has 0 aliphatic heterocycles. The fraction of sp³-hybridized carbons (Fsp3) is 0. The molecule has 0 radical (unpaired) electrons. The molecule has 1 heterocycles. The molecule has 2 heteroatoms. The molecule has 0 saturated carbocycles. The van der Waals surface area contributed by atoms with Gasteiger partial charge in [0.2, 0.25) is 0 Å². The van der Waals surface area contributed by atoms with Gasteiger partial charge in [0.1, 0.15) is 5.82 Å². The van der Waals surface area contributed by atoms with Crippen molar-refractivity contribution in [2.75, 3.05) is 0 Å². The molecule has 1 aromatic heterocycles. The predicted octanol–water partition coefficient (Wildman–Crippen LogP) is 5.69. The number of terminal acetylenes is 1. The zero-order chi connectivity index (χ0) is 17.2. The Hall–Kier alpha value is -3.44. The quantitative estimate of drug-likeness (QED) is 0.432. The highest BCUT2D eigenvalue weighted by atomic mass is 19.1. The van der Waals surface area contributed by atoms with Crippen LogP contribution in [-0.2, 0) is 0 Å². The maximum Gasteiger partial charge on any atom is 0.123 e. The first-order chi connectivity index (χ1) is 12.3. The Morgan fingerprint density at radius 2 is 1.44 bits per heavy atom. The van der Waals surface area contributed by atoms with E-state index >= 15 is 0 Å². The van der Waals surface area contributed by atoms with Gasteiger partial charge in [0, 0.05) is 16.5 Å². The van der Waals surface area contributed by atoms with Crippen molar-refractivity contribution in [1.82, 2.24) is 4.98 Å². The van der Waals surface area contributed by atoms with Crippen molar-refractivity contribution in [3.05, 3.63) is 90.2 Å². The van der Waals surface area contributed by atoms with E-state index in [-0.39, 0.29) is 5.82 Å². The van der Waals surface area contributed by atoms with Crippen LogP contribution in [0, 0.1) is 18.2 Å². The summed E-state index contributed by atoms with van der Waals surface area (Å²) in [5.74, 6) is 2.53. The summed E-state index contributed by atoms with van der Waals surface area (Å²) in [4.78, 5) is 4.77. The molecule has 0 spiro atoms. The zero-order valence-electron chi connectivity index (χ0n) is 13.4. The molecule has 3 aromatic carbocycles. The molecule has 0 aliphatic carbocycles. The summed E-state index contributed by atoms with van der Waals surface area (Å²) in [5, 5.41) is 1.01. The number of halogens is 1. The van der Waals surface area contributed by atoms with Gasteiger partial charge in [-0.2, -0.15) is 0 Å². The third-order valence-corrected chi connectivity index (χ3v) is 4.22. The summed E-state index contributed by atoms with van der Waals surface area (Å²) < 4.78 is 13.3. The number of para-hydroxylation sites is 1. The number of rotatable bonds is 2. The lowest BCUT2D eigenvalue weighted by Gasteiger charge is -2.14. The second-order valence-corrected chi connectivity index (χ2v) is 5.74. The summed E-state index contributed by atoms with van der Waals surface area (Å²) in [7, 11) is 0. The third kappa shape index (κ3) is 2.66. The van der Waals surface area contributed by atoms with Gasteiger partial charge < -0.3 is 0 Å². The standard InChI is InChI=1S/C23H14FN/c1-2-19-22(16-8-4-3-5-9-16)20-10-6-7-11-21(20)25-23(19)17-12-14-18(24)15-13-17/h1,3-15H. The van der Waals surface area contributed by atoms with Crippen LogP contribution < -0.4 is 0 Å². The smallest absolute Gasteiger partial charge is 0.123 e. The van der Waals surface area contributed by atoms with Crippen LogP contribution >= 0.6 is 0 Å². The van der Waals surface area contributed by atoms with Crippen molar-refractivity contribution in [1.29, 1.82) is 0 Å². The van der Waals surface area contributed by atoms with Crippen LogP contribution in [0.2, 0.25) is 0 Å². The fourth-order valence-corrected chi connectivity index (χ4v) is 3.07. The number of hydrogen-bond acceptors (Lipinski definition) is 1. The van der Waals surface area contributed by atoms with Crippen LogP contribution in [-0.4, -0.2) is 4.98 Å². The Morgan fingerprint density at radius 3 is 2.16 bits per heavy atom. The maximum absolute atomic E-state index is 13.3. The normalized spacial score (nSPS) is 10.6. The molecular weight excluding hydrogens is 309 g/mol. The van der Waals surface area contributed by atoms with Crippen molar-refractivity contribution in [2.45, 2.75) is 0 Å². The van der Waals surface area contributed by atoms with Gasteiger partial charge in [-0.3, -0.25) is 0 Å². The summed E-state index contributed by atoms with van der Waals surface area (Å²) in [6, 6.07) is 24.2. The van der Waals surface area contributed by atoms with Crippen LogP contribution in [0.1, 0.15) is 5.56 Å². The summed E-state index contributed by atoms with van der Waals surface area (Å²) in [6.45, 7) is 0. The lowest BCUT2D eigenvalue weighted by atomic mass is 9.92. The molecule has 4 rings (SSSR count). The maximum atomic E-state index is 13.3. The molecule has 0 N–H and O–H groups in total. The number of hydrogen-bond donors (Lipinski definition) is 0. The fourth-order valence-electron chi connectivity index (χ4n) is 3.07. The van der Waals surface area contributed by atoms with Crippen LogP contribution in [0.25, 0.3) is 33.3 Å². The van der Waals surface area contributed by atoms with Crippen molar-refractivity contribution in [3.8, 4) is 34.7 Å². The molecule has 0 amide bonds. The Labute approximate surface area is 145 Å². The van der Waals surface area contributed by atoms with Crippen molar-refractivity contribution in [3.63, 3.8) is 0 Å². The monoisotopic (exact) mass is 323 g/mol. The number of nitrogens with zero attached hydrogens (tertiary/aromatic N) is 1. The lowest BCUT2D eigenvalue weighted by molar-refractivity contribution is 0.628. The molecule has 0 bridgehead atoms. The minimum Gasteiger partial charge on any atom is -0.246 e. The minimum atomic E-state index is -0.282. The highest BCUT2D eigenvalue weighted by Gasteiger charge is 2.16. The van der Waals surface area contributed by atoms with Crippen molar-refractivity contribution in [2.24, 2.45) is 0 Å². The first kappa shape index (κ1) is 15.1. The molecule has 0 unspecified atom stereocenters. The number of pyridine rings is 1. The van der Waals surface area contributed by atoms with Gasteiger partial charge in [0.15, 0.2) is 0 Å². The number of benzene rings is 3. The van der Waals surface area contributed by atoms with Crippen LogP contribution in [0.15, 0.2) is 78.9 Å². The van der Waals surface area contributed by atoms with E-state index in [0.717, 1.165) is 33.2 Å². The Kier molecular flexibility index (Phi) is 3.76. The van der Waals surface area contributed by atoms with E-state index in [1.807, 2.05) is 54.6 Å². The predicted molar refractivity (Wildman–Crippen MR) is 101 cm³/mol. The van der Waals surface area contributed by atoms with E-state index in [2.05, 4.69) is 5.92 Å². The SMILES string of the molecule is C#Cc1c(-c2ccc(F)cc2)nc2ccccc2c1-c1ccccc1. The minimum absolute atomic E-state index is 0.282. The highest BCUT2D eigenvalue weighted by Crippen LogP contribution is 2.36. The molecule has 0 saturated heterocycles. The van der Waals surface area contributed by atoms with E-state index in [1.165, 1.54) is 12.1 Å². The van der Waals surface area contributed by atoms with E-state index in [0.29, 0.717) is 5.69 Å². The largest absolute Gasteiger partial charge is 0.246 e. The first-order valence-corrected chi connectivity index (χ1v) is 7.98. The van der Waals surface area contributed by atoms with E-state index in [1.54, 1.807) is 12.1 Å². The van der Waals surface area contributed by atoms with Gasteiger partial charge in [-0.25, -0.2) is 9.37 Å². The topological polar surface area (TPSA) is 12.9 Å². The van der Waals surface area contributed by atoms with Gasteiger partial charge in [-0.05, 0) is 35.9 Å². The summed E-state index contributed by atoms with van der Waals surface area (Å²) >= 11 is 0. The van der Waals surface area contributed by atoms with Gasteiger partial charge in [-0.1, -0.05) is 54.5 Å².